The third-order valence-corrected chi connectivity index (χ3v) is 5.96. The van der Waals surface area contributed by atoms with E-state index in [1.54, 1.807) is 19.1 Å². The molecule has 2 N–H and O–H groups in total. The van der Waals surface area contributed by atoms with E-state index in [1.165, 1.54) is 19.2 Å². The molecule has 0 fully saturated rings. The zero-order valence-corrected chi connectivity index (χ0v) is 19.6. The van der Waals surface area contributed by atoms with Crippen molar-refractivity contribution in [1.82, 2.24) is 5.32 Å². The van der Waals surface area contributed by atoms with Gasteiger partial charge < -0.3 is 24.6 Å². The molecule has 33 heavy (non-hydrogen) atoms. The number of benzene rings is 1. The first-order valence-electron chi connectivity index (χ1n) is 11.1. The predicted molar refractivity (Wildman–Crippen MR) is 120 cm³/mol. The lowest BCUT2D eigenvalue weighted by Crippen LogP contribution is -2.43. The van der Waals surface area contributed by atoms with Crippen LogP contribution >= 0.6 is 0 Å². The number of carbonyl (C=O) groups is 3. The largest absolute Gasteiger partial charge is 0.508 e. The average molecular weight is 458 g/mol. The van der Waals surface area contributed by atoms with Crippen molar-refractivity contribution >= 4 is 17.7 Å². The first-order valence-corrected chi connectivity index (χ1v) is 11.1. The molecule has 0 saturated heterocycles. The summed E-state index contributed by atoms with van der Waals surface area (Å²) in [6, 6.07) is 6.33. The molecule has 8 heteroatoms. The van der Waals surface area contributed by atoms with E-state index in [2.05, 4.69) is 5.32 Å². The van der Waals surface area contributed by atoms with Crippen LogP contribution in [-0.4, -0.2) is 49.3 Å². The molecule has 0 unspecified atom stereocenters. The number of rotatable bonds is 7. The van der Waals surface area contributed by atoms with Crippen LogP contribution < -0.4 is 5.32 Å². The Bertz CT molecular complexity index is 991. The number of phenols is 1. The number of methoxy groups -OCH3 is 1. The van der Waals surface area contributed by atoms with Gasteiger partial charge in [0.15, 0.2) is 5.78 Å². The Labute approximate surface area is 193 Å². The molecule has 2 aliphatic rings. The van der Waals surface area contributed by atoms with Gasteiger partial charge in [0.25, 0.3) is 0 Å². The number of Topliss-reactive ketones (excluding diaryl/α,β-unsaturated/α-hetero) is 1. The van der Waals surface area contributed by atoms with Crippen LogP contribution in [0.1, 0.15) is 45.6 Å². The Kier molecular flexibility index (Phi) is 7.58. The smallest absolute Gasteiger partial charge is 0.336 e. The van der Waals surface area contributed by atoms with Gasteiger partial charge in [0.1, 0.15) is 18.3 Å². The lowest BCUT2D eigenvalue weighted by molar-refractivity contribution is -0.151. The molecule has 1 aromatic rings. The molecular weight excluding hydrogens is 426 g/mol. The van der Waals surface area contributed by atoms with Gasteiger partial charge in [-0.05, 0) is 50.8 Å². The Morgan fingerprint density at radius 3 is 2.45 bits per heavy atom. The number of hydrogen-bond acceptors (Lipinski definition) is 8. The minimum absolute atomic E-state index is 0.00978. The molecule has 1 aromatic carbocycles. The fraction of sp³-hybridized carbons (Fsp3) is 0.480. The number of aromatic hydroxyl groups is 1. The second-order valence-corrected chi connectivity index (χ2v) is 8.68. The molecule has 1 aliphatic carbocycles. The van der Waals surface area contributed by atoms with Crippen LogP contribution in [0, 0.1) is 11.8 Å². The third-order valence-electron chi connectivity index (χ3n) is 5.96. The highest BCUT2D eigenvalue weighted by molar-refractivity contribution is 6.12. The van der Waals surface area contributed by atoms with Gasteiger partial charge in [-0.3, -0.25) is 9.59 Å². The van der Waals surface area contributed by atoms with Crippen LogP contribution in [0.3, 0.4) is 0 Å². The summed E-state index contributed by atoms with van der Waals surface area (Å²) in [6.07, 6.45) is 0.465. The summed E-state index contributed by atoms with van der Waals surface area (Å²) in [6.45, 7) is 7.70. The zero-order chi connectivity index (χ0) is 24.3. The molecule has 0 radical (unpaired) electrons. The number of ketones is 1. The molecule has 178 valence electrons. The summed E-state index contributed by atoms with van der Waals surface area (Å²) in [5.41, 5.74) is 2.54. The van der Waals surface area contributed by atoms with Gasteiger partial charge in [0.2, 0.25) is 0 Å². The summed E-state index contributed by atoms with van der Waals surface area (Å²) >= 11 is 0. The zero-order valence-electron chi connectivity index (χ0n) is 19.6. The van der Waals surface area contributed by atoms with Crippen molar-refractivity contribution in [3.8, 4) is 5.75 Å². The second kappa shape index (κ2) is 10.2. The SMILES string of the molecule is COC(=O)[C@H]1C(=O)C2=C(C[C@@H]1C)NC(C)=C(C(=O)OCCOC(C)C)[C@@H]2c1ccc(O)cc1. The highest BCUT2D eigenvalue weighted by Crippen LogP contribution is 2.45. The number of phenolic OH excluding ortho intramolecular Hbond substituents is 1. The van der Waals surface area contributed by atoms with Gasteiger partial charge >= 0.3 is 11.9 Å². The summed E-state index contributed by atoms with van der Waals surface area (Å²) in [5.74, 6) is -3.43. The number of dihydropyridines is 1. The fourth-order valence-electron chi connectivity index (χ4n) is 4.45. The number of esters is 2. The average Bonchev–Trinajstić information content (AvgIpc) is 2.75. The van der Waals surface area contributed by atoms with Gasteiger partial charge in [-0.25, -0.2) is 4.79 Å². The lowest BCUT2D eigenvalue weighted by Gasteiger charge is -2.38. The number of nitrogens with one attached hydrogen (secondary N) is 1. The van der Waals surface area contributed by atoms with Crippen molar-refractivity contribution in [2.75, 3.05) is 20.3 Å². The first kappa shape index (κ1) is 24.5. The van der Waals surface area contributed by atoms with Crippen molar-refractivity contribution in [2.45, 2.75) is 46.1 Å². The molecule has 1 aliphatic heterocycles. The van der Waals surface area contributed by atoms with E-state index in [1.807, 2.05) is 20.8 Å². The highest BCUT2D eigenvalue weighted by atomic mass is 16.6. The van der Waals surface area contributed by atoms with Crippen molar-refractivity contribution in [2.24, 2.45) is 11.8 Å². The van der Waals surface area contributed by atoms with Gasteiger partial charge in [-0.2, -0.15) is 0 Å². The summed E-state index contributed by atoms with van der Waals surface area (Å²) in [7, 11) is 1.26. The molecule has 0 spiro atoms. The van der Waals surface area contributed by atoms with E-state index in [4.69, 9.17) is 14.2 Å². The van der Waals surface area contributed by atoms with Crippen LogP contribution in [0.4, 0.5) is 0 Å². The molecule has 0 saturated carbocycles. The third kappa shape index (κ3) is 5.11. The fourth-order valence-corrected chi connectivity index (χ4v) is 4.45. The molecule has 3 rings (SSSR count). The van der Waals surface area contributed by atoms with Gasteiger partial charge in [0, 0.05) is 22.9 Å². The summed E-state index contributed by atoms with van der Waals surface area (Å²) in [5, 5.41) is 13.0. The van der Waals surface area contributed by atoms with E-state index >= 15 is 0 Å². The highest BCUT2D eigenvalue weighted by Gasteiger charge is 2.47. The maximum Gasteiger partial charge on any atom is 0.336 e. The molecule has 0 aromatic heterocycles. The van der Waals surface area contributed by atoms with Crippen molar-refractivity contribution in [1.29, 1.82) is 0 Å². The predicted octanol–water partition coefficient (Wildman–Crippen LogP) is 2.97. The van der Waals surface area contributed by atoms with E-state index in [0.29, 0.717) is 29.0 Å². The molecule has 1 heterocycles. The molecule has 0 amide bonds. The Morgan fingerprint density at radius 2 is 1.85 bits per heavy atom. The molecular formula is C25H31NO7. The Balaban J connectivity index is 2.02. The van der Waals surface area contributed by atoms with Gasteiger partial charge in [-0.15, -0.1) is 0 Å². The Hall–Kier alpha value is -3.13. The number of ether oxygens (including phenoxy) is 3. The standard InChI is InChI=1S/C25H31NO7/c1-13(2)32-10-11-33-25(30)20-15(4)26-18-12-14(3)19(24(29)31-5)23(28)22(18)21(20)16-6-8-17(27)9-7-16/h6-9,13-14,19,21,26-27H,10-12H2,1-5H3/t14-,19+,21-/m0/s1. The maximum absolute atomic E-state index is 13.6. The van der Waals surface area contributed by atoms with Crippen molar-refractivity contribution in [3.63, 3.8) is 0 Å². The van der Waals surface area contributed by atoms with E-state index in [0.717, 1.165) is 0 Å². The van der Waals surface area contributed by atoms with E-state index < -0.39 is 23.8 Å². The molecule has 0 bridgehead atoms. The van der Waals surface area contributed by atoms with E-state index in [9.17, 15) is 19.5 Å². The number of allylic oxidation sites excluding steroid dienone is 3. The summed E-state index contributed by atoms with van der Waals surface area (Å²) in [4.78, 5) is 39.2. The van der Waals surface area contributed by atoms with Crippen LogP contribution in [0.5, 0.6) is 5.75 Å². The van der Waals surface area contributed by atoms with Gasteiger partial charge in [0.05, 0.1) is 25.4 Å². The normalized spacial score (nSPS) is 22.7. The maximum atomic E-state index is 13.6. The minimum Gasteiger partial charge on any atom is -0.508 e. The van der Waals surface area contributed by atoms with Crippen molar-refractivity contribution < 1.29 is 33.7 Å². The van der Waals surface area contributed by atoms with Crippen LogP contribution in [0.2, 0.25) is 0 Å². The first-order chi connectivity index (χ1) is 15.6. The molecule has 8 nitrogen and oxygen atoms in total. The van der Waals surface area contributed by atoms with Gasteiger partial charge in [-0.1, -0.05) is 19.1 Å². The van der Waals surface area contributed by atoms with Crippen LogP contribution in [0.25, 0.3) is 0 Å². The Morgan fingerprint density at radius 1 is 1.18 bits per heavy atom. The van der Waals surface area contributed by atoms with E-state index in [-0.39, 0.29) is 42.3 Å². The number of hydrogen-bond donors (Lipinski definition) is 2. The topological polar surface area (TPSA) is 111 Å². The number of carbonyl (C=O) groups excluding carboxylic acids is 3. The second-order valence-electron chi connectivity index (χ2n) is 8.68. The van der Waals surface area contributed by atoms with Crippen LogP contribution in [-0.2, 0) is 28.6 Å². The minimum atomic E-state index is -0.953. The quantitative estimate of drug-likeness (QED) is 0.365. The molecule has 3 atom stereocenters. The lowest BCUT2D eigenvalue weighted by atomic mass is 9.69. The van der Waals surface area contributed by atoms with Crippen molar-refractivity contribution in [3.05, 3.63) is 52.4 Å². The van der Waals surface area contributed by atoms with Crippen LogP contribution in [0.15, 0.2) is 46.8 Å². The monoisotopic (exact) mass is 457 g/mol. The summed E-state index contributed by atoms with van der Waals surface area (Å²) < 4.78 is 15.8.